The number of hydrogen-bond acceptors (Lipinski definition) is 5. The Kier molecular flexibility index (Phi) is 2.63. The molecule has 0 bridgehead atoms. The lowest BCUT2D eigenvalue weighted by molar-refractivity contribution is -0.141. The highest BCUT2D eigenvalue weighted by molar-refractivity contribution is 6.99. The maximum absolute atomic E-state index is 11.7. The molecule has 0 aromatic carbocycles. The van der Waals surface area contributed by atoms with E-state index < -0.39 is 11.9 Å². The van der Waals surface area contributed by atoms with Crippen LogP contribution in [0.4, 0.5) is 0 Å². The summed E-state index contributed by atoms with van der Waals surface area (Å²) >= 11 is 0.970. The van der Waals surface area contributed by atoms with E-state index in [-0.39, 0.29) is 12.5 Å². The largest absolute Gasteiger partial charge is 0.481 e. The van der Waals surface area contributed by atoms with Crippen molar-refractivity contribution in [1.82, 2.24) is 13.6 Å². The fraction of sp³-hybridized carbons (Fsp3) is 0.500. The number of carbonyl (C=O) groups excluding carboxylic acids is 1. The molecule has 1 aliphatic rings. The van der Waals surface area contributed by atoms with Crippen molar-refractivity contribution in [2.75, 3.05) is 13.1 Å². The van der Waals surface area contributed by atoms with Gasteiger partial charge in [-0.2, -0.15) is 8.75 Å². The average molecular weight is 227 g/mol. The third-order valence-corrected chi connectivity index (χ3v) is 2.88. The van der Waals surface area contributed by atoms with Crippen molar-refractivity contribution in [1.29, 1.82) is 0 Å². The van der Waals surface area contributed by atoms with Crippen molar-refractivity contribution in [3.05, 3.63) is 11.9 Å². The third kappa shape index (κ3) is 1.96. The molecule has 2 heterocycles. The first-order valence-corrected chi connectivity index (χ1v) is 5.21. The number of carboxylic acids is 1. The highest BCUT2D eigenvalue weighted by Crippen LogP contribution is 2.18. The topological polar surface area (TPSA) is 83.4 Å². The lowest BCUT2D eigenvalue weighted by atomic mass is 10.1. The molecule has 1 amide bonds. The van der Waals surface area contributed by atoms with E-state index in [1.165, 1.54) is 11.1 Å². The van der Waals surface area contributed by atoms with Gasteiger partial charge in [-0.05, 0) is 6.42 Å². The van der Waals surface area contributed by atoms with E-state index in [9.17, 15) is 9.59 Å². The van der Waals surface area contributed by atoms with Crippen molar-refractivity contribution in [3.63, 3.8) is 0 Å². The summed E-state index contributed by atoms with van der Waals surface area (Å²) in [6.45, 7) is 0.749. The van der Waals surface area contributed by atoms with Crippen molar-refractivity contribution < 1.29 is 14.7 Å². The maximum atomic E-state index is 11.7. The molecule has 1 aromatic rings. The van der Waals surface area contributed by atoms with Gasteiger partial charge in [0.2, 0.25) is 0 Å². The Hall–Kier alpha value is -1.50. The van der Waals surface area contributed by atoms with Crippen LogP contribution in [-0.2, 0) is 4.79 Å². The predicted octanol–water partition coefficient (Wildman–Crippen LogP) is 0.0848. The van der Waals surface area contributed by atoms with Crippen molar-refractivity contribution >= 4 is 23.6 Å². The number of carbonyl (C=O) groups is 2. The van der Waals surface area contributed by atoms with Crippen LogP contribution in [0, 0.1) is 5.92 Å². The van der Waals surface area contributed by atoms with Gasteiger partial charge in [0.15, 0.2) is 5.69 Å². The van der Waals surface area contributed by atoms with Gasteiger partial charge in [-0.25, -0.2) is 0 Å². The Labute approximate surface area is 89.9 Å². The van der Waals surface area contributed by atoms with Crippen molar-refractivity contribution in [3.8, 4) is 0 Å². The molecular weight excluding hydrogens is 218 g/mol. The first-order chi connectivity index (χ1) is 7.18. The zero-order chi connectivity index (χ0) is 10.8. The summed E-state index contributed by atoms with van der Waals surface area (Å²) in [5, 5.41) is 8.78. The molecule has 0 spiro atoms. The number of carboxylic acid groups (broad SMARTS) is 1. The number of aliphatic carboxylic acids is 1. The van der Waals surface area contributed by atoms with Crippen LogP contribution in [0.5, 0.6) is 0 Å². The van der Waals surface area contributed by atoms with Gasteiger partial charge >= 0.3 is 5.97 Å². The molecule has 0 aliphatic carbocycles. The van der Waals surface area contributed by atoms with Gasteiger partial charge < -0.3 is 10.0 Å². The highest BCUT2D eigenvalue weighted by Gasteiger charge is 2.31. The van der Waals surface area contributed by atoms with Gasteiger partial charge in [0.25, 0.3) is 5.91 Å². The first-order valence-electron chi connectivity index (χ1n) is 4.48. The molecule has 0 radical (unpaired) electrons. The van der Waals surface area contributed by atoms with Crippen LogP contribution in [0.15, 0.2) is 6.20 Å². The quantitative estimate of drug-likeness (QED) is 0.773. The number of hydrogen-bond donors (Lipinski definition) is 1. The normalized spacial score (nSPS) is 20.5. The van der Waals surface area contributed by atoms with Crippen LogP contribution in [0.1, 0.15) is 16.9 Å². The van der Waals surface area contributed by atoms with Crippen molar-refractivity contribution in [2.45, 2.75) is 6.42 Å². The standard InChI is InChI=1S/C8H9N3O3S/c12-7(6-3-9-15-10-6)11-2-1-5(4-11)8(13)14/h3,5H,1-2,4H2,(H,13,14). The monoisotopic (exact) mass is 227 g/mol. The van der Waals surface area contributed by atoms with Gasteiger partial charge in [0, 0.05) is 13.1 Å². The second kappa shape index (κ2) is 3.93. The smallest absolute Gasteiger partial charge is 0.308 e. The number of amides is 1. The molecule has 1 N–H and O–H groups in total. The zero-order valence-corrected chi connectivity index (χ0v) is 8.61. The molecule has 1 aromatic heterocycles. The highest BCUT2D eigenvalue weighted by atomic mass is 32.1. The molecule has 1 saturated heterocycles. The van der Waals surface area contributed by atoms with Crippen LogP contribution in [0.25, 0.3) is 0 Å². The number of likely N-dealkylation sites (tertiary alicyclic amines) is 1. The van der Waals surface area contributed by atoms with Gasteiger partial charge in [-0.1, -0.05) is 0 Å². The summed E-state index contributed by atoms with van der Waals surface area (Å²) < 4.78 is 7.56. The number of rotatable bonds is 2. The minimum absolute atomic E-state index is 0.229. The Morgan fingerprint density at radius 1 is 1.60 bits per heavy atom. The lowest BCUT2D eigenvalue weighted by Crippen LogP contribution is -2.30. The van der Waals surface area contributed by atoms with Crippen LogP contribution in [-0.4, -0.2) is 43.7 Å². The fourth-order valence-corrected chi connectivity index (χ4v) is 1.97. The first kappa shape index (κ1) is 10.0. The Balaban J connectivity index is 2.02. The van der Waals surface area contributed by atoms with E-state index in [0.29, 0.717) is 18.7 Å². The van der Waals surface area contributed by atoms with Gasteiger partial charge in [-0.15, -0.1) is 0 Å². The van der Waals surface area contributed by atoms with Crippen LogP contribution >= 0.6 is 11.7 Å². The zero-order valence-electron chi connectivity index (χ0n) is 7.79. The van der Waals surface area contributed by atoms with E-state index in [0.717, 1.165) is 11.7 Å². The van der Waals surface area contributed by atoms with Crippen LogP contribution in [0.2, 0.25) is 0 Å². The Morgan fingerprint density at radius 3 is 2.93 bits per heavy atom. The molecular formula is C8H9N3O3S. The SMILES string of the molecule is O=C(O)C1CCN(C(=O)c2cnsn2)C1. The second-order valence-corrected chi connectivity index (χ2v) is 3.92. The van der Waals surface area contributed by atoms with Gasteiger partial charge in [0.05, 0.1) is 23.8 Å². The molecule has 6 nitrogen and oxygen atoms in total. The molecule has 1 unspecified atom stereocenters. The summed E-state index contributed by atoms with van der Waals surface area (Å²) in [4.78, 5) is 23.9. The van der Waals surface area contributed by atoms with Crippen LogP contribution in [0.3, 0.4) is 0 Å². The molecule has 2 rings (SSSR count). The molecule has 1 fully saturated rings. The van der Waals surface area contributed by atoms with E-state index in [1.807, 2.05) is 0 Å². The average Bonchev–Trinajstić information content (AvgIpc) is 2.88. The molecule has 1 aliphatic heterocycles. The minimum atomic E-state index is -0.846. The fourth-order valence-electron chi connectivity index (χ4n) is 1.57. The lowest BCUT2D eigenvalue weighted by Gasteiger charge is -2.13. The summed E-state index contributed by atoms with van der Waals surface area (Å²) in [5.74, 6) is -1.52. The van der Waals surface area contributed by atoms with Crippen LogP contribution < -0.4 is 0 Å². The number of aromatic nitrogens is 2. The third-order valence-electron chi connectivity index (χ3n) is 2.41. The summed E-state index contributed by atoms with van der Waals surface area (Å²) in [7, 11) is 0. The van der Waals surface area contributed by atoms with E-state index in [1.54, 1.807) is 0 Å². The van der Waals surface area contributed by atoms with E-state index in [2.05, 4.69) is 8.75 Å². The van der Waals surface area contributed by atoms with E-state index in [4.69, 9.17) is 5.11 Å². The van der Waals surface area contributed by atoms with Crippen molar-refractivity contribution in [2.24, 2.45) is 5.92 Å². The summed E-state index contributed by atoms with van der Waals surface area (Å²) in [6.07, 6.45) is 1.92. The predicted molar refractivity (Wildman–Crippen MR) is 51.6 cm³/mol. The molecule has 0 saturated carbocycles. The molecule has 7 heteroatoms. The minimum Gasteiger partial charge on any atom is -0.481 e. The van der Waals surface area contributed by atoms with Gasteiger partial charge in [-0.3, -0.25) is 9.59 Å². The number of nitrogens with zero attached hydrogens (tertiary/aromatic N) is 3. The Bertz CT molecular complexity index is 378. The molecule has 1 atom stereocenters. The summed E-state index contributed by atoms with van der Waals surface area (Å²) in [6, 6.07) is 0. The second-order valence-electron chi connectivity index (χ2n) is 3.37. The molecule has 15 heavy (non-hydrogen) atoms. The maximum Gasteiger partial charge on any atom is 0.308 e. The Morgan fingerprint density at radius 2 is 2.40 bits per heavy atom. The summed E-state index contributed by atoms with van der Waals surface area (Å²) in [5.41, 5.74) is 0.297. The molecule has 80 valence electrons. The van der Waals surface area contributed by atoms with Gasteiger partial charge in [0.1, 0.15) is 0 Å². The van der Waals surface area contributed by atoms with E-state index >= 15 is 0 Å².